The molecule has 2 nitrogen and oxygen atoms in total. The molecule has 0 spiro atoms. The predicted molar refractivity (Wildman–Crippen MR) is 90.2 cm³/mol. The van der Waals surface area contributed by atoms with E-state index in [1.165, 1.54) is 57.9 Å². The Balaban J connectivity index is 1.83. The molecule has 21 heavy (non-hydrogen) atoms. The second-order valence-corrected chi connectivity index (χ2v) is 8.49. The fourth-order valence-corrected chi connectivity index (χ4v) is 6.40. The van der Waals surface area contributed by atoms with E-state index >= 15 is 0 Å². The number of hydrogen-bond acceptors (Lipinski definition) is 2. The van der Waals surface area contributed by atoms with E-state index in [1.54, 1.807) is 0 Å². The van der Waals surface area contributed by atoms with Gasteiger partial charge >= 0.3 is 0 Å². The van der Waals surface area contributed by atoms with Crippen LogP contribution in [0.2, 0.25) is 0 Å². The van der Waals surface area contributed by atoms with E-state index in [4.69, 9.17) is 5.73 Å². The predicted octanol–water partition coefficient (Wildman–Crippen LogP) is 4.04. The lowest BCUT2D eigenvalue weighted by molar-refractivity contribution is -0.141. The minimum absolute atomic E-state index is 0.343. The zero-order chi connectivity index (χ0) is 15.0. The molecule has 0 aromatic rings. The summed E-state index contributed by atoms with van der Waals surface area (Å²) < 4.78 is 0. The van der Waals surface area contributed by atoms with Crippen LogP contribution >= 0.6 is 0 Å². The van der Waals surface area contributed by atoms with Gasteiger partial charge in [0.05, 0.1) is 0 Å². The Morgan fingerprint density at radius 1 is 1.00 bits per heavy atom. The van der Waals surface area contributed by atoms with Gasteiger partial charge in [-0.05, 0) is 82.6 Å². The largest absolute Gasteiger partial charge is 0.329 e. The molecule has 4 fully saturated rings. The minimum atomic E-state index is 0.343. The second-order valence-electron chi connectivity index (χ2n) is 8.49. The molecule has 0 aliphatic heterocycles. The normalized spacial score (nSPS) is 41.4. The average Bonchev–Trinajstić information content (AvgIpc) is 2.44. The molecule has 122 valence electrons. The van der Waals surface area contributed by atoms with Crippen molar-refractivity contribution in [2.24, 2.45) is 29.4 Å². The van der Waals surface area contributed by atoms with Gasteiger partial charge in [0, 0.05) is 18.1 Å². The molecule has 4 aliphatic rings. The van der Waals surface area contributed by atoms with Crippen LogP contribution in [0.3, 0.4) is 0 Å². The highest BCUT2D eigenvalue weighted by Crippen LogP contribution is 2.60. The zero-order valence-corrected chi connectivity index (χ0v) is 14.5. The molecular weight excluding hydrogens is 256 g/mol. The fraction of sp³-hybridized carbons (Fsp3) is 1.00. The first-order valence-electron chi connectivity index (χ1n) is 9.58. The maximum atomic E-state index is 6.49. The van der Waals surface area contributed by atoms with E-state index in [2.05, 4.69) is 25.7 Å². The summed E-state index contributed by atoms with van der Waals surface area (Å²) in [5, 5.41) is 0. The van der Waals surface area contributed by atoms with Crippen LogP contribution in [0.4, 0.5) is 0 Å². The lowest BCUT2D eigenvalue weighted by Gasteiger charge is -2.65. The van der Waals surface area contributed by atoms with Crippen molar-refractivity contribution < 1.29 is 0 Å². The maximum absolute atomic E-state index is 6.49. The molecule has 0 amide bonds. The Morgan fingerprint density at radius 3 is 2.00 bits per heavy atom. The van der Waals surface area contributed by atoms with Crippen LogP contribution in [-0.2, 0) is 0 Å². The summed E-state index contributed by atoms with van der Waals surface area (Å²) in [4.78, 5) is 2.86. The summed E-state index contributed by atoms with van der Waals surface area (Å²) in [6, 6.07) is 0.642. The number of unbranched alkanes of at least 4 members (excludes halogenated alkanes) is 2. The lowest BCUT2D eigenvalue weighted by Crippen LogP contribution is -2.70. The Labute approximate surface area is 131 Å². The topological polar surface area (TPSA) is 29.3 Å². The van der Waals surface area contributed by atoms with Crippen LogP contribution in [0.5, 0.6) is 0 Å². The molecule has 4 rings (SSSR count). The SMILES string of the molecule is CCCCCN(C(C)C)C1(CN)C2CC3CC(C2)CC1C3. The molecule has 0 heterocycles. The first-order chi connectivity index (χ1) is 10.1. The number of nitrogens with zero attached hydrogens (tertiary/aromatic N) is 1. The van der Waals surface area contributed by atoms with Crippen LogP contribution < -0.4 is 5.73 Å². The highest BCUT2D eigenvalue weighted by Gasteiger charge is 2.59. The Hall–Kier alpha value is -0.0800. The van der Waals surface area contributed by atoms with Gasteiger partial charge < -0.3 is 5.73 Å². The van der Waals surface area contributed by atoms with E-state index < -0.39 is 0 Å². The number of nitrogens with two attached hydrogens (primary N) is 1. The van der Waals surface area contributed by atoms with Crippen LogP contribution in [0.15, 0.2) is 0 Å². The van der Waals surface area contributed by atoms with E-state index in [9.17, 15) is 0 Å². The molecule has 0 aromatic heterocycles. The van der Waals surface area contributed by atoms with Crippen LogP contribution in [-0.4, -0.2) is 29.6 Å². The van der Waals surface area contributed by atoms with Crippen molar-refractivity contribution >= 4 is 0 Å². The summed E-state index contributed by atoms with van der Waals surface area (Å²) >= 11 is 0. The van der Waals surface area contributed by atoms with Gasteiger partial charge in [0.1, 0.15) is 0 Å². The number of hydrogen-bond donors (Lipinski definition) is 1. The van der Waals surface area contributed by atoms with Gasteiger partial charge in [-0.2, -0.15) is 0 Å². The molecule has 0 unspecified atom stereocenters. The molecule has 0 aromatic carbocycles. The van der Waals surface area contributed by atoms with Crippen molar-refractivity contribution in [3.05, 3.63) is 0 Å². The quantitative estimate of drug-likeness (QED) is 0.718. The van der Waals surface area contributed by atoms with Gasteiger partial charge in [0.15, 0.2) is 0 Å². The van der Waals surface area contributed by atoms with Gasteiger partial charge in [0.2, 0.25) is 0 Å². The van der Waals surface area contributed by atoms with E-state index in [-0.39, 0.29) is 0 Å². The third-order valence-corrected chi connectivity index (χ3v) is 7.04. The van der Waals surface area contributed by atoms with Crippen molar-refractivity contribution in [1.82, 2.24) is 4.90 Å². The smallest absolute Gasteiger partial charge is 0.0390 e. The first kappa shape index (κ1) is 15.8. The van der Waals surface area contributed by atoms with Gasteiger partial charge in [-0.1, -0.05) is 19.8 Å². The lowest BCUT2D eigenvalue weighted by atomic mass is 9.48. The molecule has 0 radical (unpaired) electrons. The highest BCUT2D eigenvalue weighted by molar-refractivity contribution is 5.13. The molecule has 4 bridgehead atoms. The second kappa shape index (κ2) is 6.20. The summed E-state index contributed by atoms with van der Waals surface area (Å²) in [5.41, 5.74) is 6.83. The maximum Gasteiger partial charge on any atom is 0.0390 e. The minimum Gasteiger partial charge on any atom is -0.329 e. The Bertz CT molecular complexity index is 321. The average molecular weight is 293 g/mol. The first-order valence-corrected chi connectivity index (χ1v) is 9.58. The molecule has 0 atom stereocenters. The summed E-state index contributed by atoms with van der Waals surface area (Å²) in [5.74, 6) is 3.86. The van der Waals surface area contributed by atoms with Crippen molar-refractivity contribution in [3.63, 3.8) is 0 Å². The van der Waals surface area contributed by atoms with Crippen LogP contribution in [0.1, 0.15) is 72.1 Å². The van der Waals surface area contributed by atoms with Crippen molar-refractivity contribution in [1.29, 1.82) is 0 Å². The van der Waals surface area contributed by atoms with Crippen LogP contribution in [0.25, 0.3) is 0 Å². The third kappa shape index (κ3) is 2.57. The summed E-state index contributed by atoms with van der Waals surface area (Å²) in [6.45, 7) is 9.27. The van der Waals surface area contributed by atoms with Crippen LogP contribution in [0, 0.1) is 23.7 Å². The van der Waals surface area contributed by atoms with Gasteiger partial charge in [-0.25, -0.2) is 0 Å². The van der Waals surface area contributed by atoms with Gasteiger partial charge in [0.25, 0.3) is 0 Å². The van der Waals surface area contributed by atoms with Gasteiger partial charge in [-0.3, -0.25) is 4.90 Å². The monoisotopic (exact) mass is 292 g/mol. The standard InChI is InChI=1S/C19H36N2/c1-4-5-6-7-21(14(2)3)19(13-20)17-9-15-8-16(11-17)12-18(19)10-15/h14-18H,4-13,20H2,1-3H3. The third-order valence-electron chi connectivity index (χ3n) is 7.04. The van der Waals surface area contributed by atoms with Gasteiger partial charge in [-0.15, -0.1) is 0 Å². The Morgan fingerprint density at radius 2 is 1.57 bits per heavy atom. The fourth-order valence-electron chi connectivity index (χ4n) is 6.40. The zero-order valence-electron chi connectivity index (χ0n) is 14.5. The molecule has 2 heteroatoms. The molecule has 0 saturated heterocycles. The molecule has 2 N–H and O–H groups in total. The van der Waals surface area contributed by atoms with E-state index in [0.29, 0.717) is 11.6 Å². The van der Waals surface area contributed by atoms with E-state index in [0.717, 1.165) is 30.2 Å². The summed E-state index contributed by atoms with van der Waals surface area (Å²) in [7, 11) is 0. The Kier molecular flexibility index (Phi) is 4.66. The molecule has 4 aliphatic carbocycles. The number of rotatable bonds is 7. The van der Waals surface area contributed by atoms with Crippen molar-refractivity contribution in [3.8, 4) is 0 Å². The van der Waals surface area contributed by atoms with E-state index in [1.807, 2.05) is 0 Å². The van der Waals surface area contributed by atoms with Crippen molar-refractivity contribution in [2.45, 2.75) is 83.7 Å². The molecule has 4 saturated carbocycles. The molecular formula is C19H36N2. The summed E-state index contributed by atoms with van der Waals surface area (Å²) in [6.07, 6.45) is 11.5. The highest BCUT2D eigenvalue weighted by atomic mass is 15.2. The van der Waals surface area contributed by atoms with Crippen molar-refractivity contribution in [2.75, 3.05) is 13.1 Å².